The lowest BCUT2D eigenvalue weighted by Crippen LogP contribution is -2.37. The molecule has 0 spiro atoms. The van der Waals surface area contributed by atoms with Gasteiger partial charge in [-0.25, -0.2) is 9.29 Å². The minimum atomic E-state index is -0.597. The van der Waals surface area contributed by atoms with Gasteiger partial charge in [-0.1, -0.05) is 36.4 Å². The molecule has 0 saturated carbocycles. The van der Waals surface area contributed by atoms with Crippen LogP contribution in [0.5, 0.6) is 0 Å². The van der Waals surface area contributed by atoms with Crippen molar-refractivity contribution in [2.24, 2.45) is 0 Å². The van der Waals surface area contributed by atoms with E-state index in [2.05, 4.69) is 0 Å². The van der Waals surface area contributed by atoms with Gasteiger partial charge >= 0.3 is 0 Å². The van der Waals surface area contributed by atoms with E-state index >= 15 is 0 Å². The molecule has 144 valence electrons. The summed E-state index contributed by atoms with van der Waals surface area (Å²) in [6.07, 6.45) is 1.80. The fourth-order valence-electron chi connectivity index (χ4n) is 4.03. The third kappa shape index (κ3) is 2.79. The molecule has 0 atom stereocenters. The largest absolute Gasteiger partial charge is 0.336 e. The van der Waals surface area contributed by atoms with E-state index in [1.54, 1.807) is 12.1 Å². The number of amides is 2. The fourth-order valence-corrected chi connectivity index (χ4v) is 4.79. The highest BCUT2D eigenvalue weighted by Gasteiger charge is 2.44. The van der Waals surface area contributed by atoms with Gasteiger partial charge in [0, 0.05) is 17.1 Å². The summed E-state index contributed by atoms with van der Waals surface area (Å²) in [6.45, 7) is 0.630. The van der Waals surface area contributed by atoms with Gasteiger partial charge in [0.25, 0.3) is 11.8 Å². The molecule has 6 heteroatoms. The Bertz CT molecular complexity index is 1150. The molecule has 2 aliphatic rings. The van der Waals surface area contributed by atoms with Crippen molar-refractivity contribution in [1.82, 2.24) is 0 Å². The molecule has 2 amide bonds. The monoisotopic (exact) mass is 404 g/mol. The van der Waals surface area contributed by atoms with Crippen LogP contribution < -0.4 is 9.80 Å². The number of hydrogen-bond donors (Lipinski definition) is 0. The number of imide groups is 1. The quantitative estimate of drug-likeness (QED) is 0.598. The molecule has 3 aromatic rings. The number of anilines is 2. The lowest BCUT2D eigenvalue weighted by molar-refractivity contribution is -0.120. The van der Waals surface area contributed by atoms with Crippen molar-refractivity contribution in [3.8, 4) is 0 Å². The second kappa shape index (κ2) is 6.97. The smallest absolute Gasteiger partial charge is 0.282 e. The van der Waals surface area contributed by atoms with Crippen LogP contribution in [-0.2, 0) is 16.0 Å². The Hall–Kier alpha value is -3.25. The topological polar surface area (TPSA) is 40.6 Å². The number of hydrogen-bond acceptors (Lipinski definition) is 4. The number of carbonyl (C=O) groups is 2. The third-order valence-corrected chi connectivity index (χ3v) is 6.19. The van der Waals surface area contributed by atoms with E-state index in [1.165, 1.54) is 23.5 Å². The van der Waals surface area contributed by atoms with E-state index in [9.17, 15) is 14.0 Å². The Balaban J connectivity index is 1.70. The molecule has 0 unspecified atom stereocenters. The van der Waals surface area contributed by atoms with Crippen LogP contribution in [0.15, 0.2) is 71.7 Å². The van der Waals surface area contributed by atoms with Crippen LogP contribution in [0, 0.1) is 5.82 Å². The minimum Gasteiger partial charge on any atom is -0.336 e. The van der Waals surface area contributed by atoms with Gasteiger partial charge in [0.05, 0.1) is 11.3 Å². The highest BCUT2D eigenvalue weighted by molar-refractivity contribution is 7.11. The maximum absolute atomic E-state index is 14.5. The molecule has 0 saturated heterocycles. The summed E-state index contributed by atoms with van der Waals surface area (Å²) in [5, 5.41) is 1.87. The zero-order valence-electron chi connectivity index (χ0n) is 15.5. The summed E-state index contributed by atoms with van der Waals surface area (Å²) in [5.41, 5.74) is 2.72. The molecule has 1 aromatic heterocycles. The maximum atomic E-state index is 14.5. The maximum Gasteiger partial charge on any atom is 0.282 e. The molecule has 0 bridgehead atoms. The lowest BCUT2D eigenvalue weighted by Gasteiger charge is -2.32. The number of fused-ring (bicyclic) bond motifs is 1. The lowest BCUT2D eigenvalue weighted by atomic mass is 10.00. The summed E-state index contributed by atoms with van der Waals surface area (Å²) in [6, 6.07) is 17.5. The predicted octanol–water partition coefficient (Wildman–Crippen LogP) is 4.62. The van der Waals surface area contributed by atoms with Gasteiger partial charge in [0.1, 0.15) is 11.5 Å². The van der Waals surface area contributed by atoms with Gasteiger partial charge in [-0.2, -0.15) is 0 Å². The molecular weight excluding hydrogens is 387 g/mol. The van der Waals surface area contributed by atoms with Gasteiger partial charge < -0.3 is 4.90 Å². The summed E-state index contributed by atoms with van der Waals surface area (Å²) in [4.78, 5) is 30.5. The number of rotatable bonds is 3. The van der Waals surface area contributed by atoms with E-state index in [1.807, 2.05) is 46.7 Å². The molecule has 0 aliphatic carbocycles. The van der Waals surface area contributed by atoms with Crippen LogP contribution >= 0.6 is 11.3 Å². The number of carbonyl (C=O) groups excluding carboxylic acids is 2. The summed E-state index contributed by atoms with van der Waals surface area (Å²) < 4.78 is 14.5. The van der Waals surface area contributed by atoms with Gasteiger partial charge in [0.15, 0.2) is 0 Å². The molecule has 0 radical (unpaired) electrons. The molecule has 2 aromatic carbocycles. The van der Waals surface area contributed by atoms with Crippen molar-refractivity contribution >= 4 is 40.1 Å². The van der Waals surface area contributed by atoms with Crippen LogP contribution in [0.3, 0.4) is 0 Å². The SMILES string of the molecule is O=C1C(c2cccs2)=C(N2CCCc3ccccc32)C(=O)N1c1ccccc1F. The fraction of sp³-hybridized carbons (Fsp3) is 0.130. The zero-order valence-corrected chi connectivity index (χ0v) is 16.3. The second-order valence-corrected chi connectivity index (χ2v) is 7.93. The molecule has 0 fully saturated rings. The predicted molar refractivity (Wildman–Crippen MR) is 112 cm³/mol. The highest BCUT2D eigenvalue weighted by Crippen LogP contribution is 2.40. The Morgan fingerprint density at radius 3 is 2.38 bits per heavy atom. The van der Waals surface area contributed by atoms with E-state index < -0.39 is 17.6 Å². The molecule has 3 heterocycles. The number of thiophene rings is 1. The number of halogens is 1. The third-order valence-electron chi connectivity index (χ3n) is 5.30. The van der Waals surface area contributed by atoms with Crippen molar-refractivity contribution < 1.29 is 14.0 Å². The van der Waals surface area contributed by atoms with Gasteiger partial charge in [-0.05, 0) is 48.1 Å². The average Bonchev–Trinajstić information content (AvgIpc) is 3.35. The van der Waals surface area contributed by atoms with Crippen molar-refractivity contribution in [3.63, 3.8) is 0 Å². The van der Waals surface area contributed by atoms with Gasteiger partial charge in [-0.3, -0.25) is 9.59 Å². The van der Waals surface area contributed by atoms with Crippen LogP contribution in [0.4, 0.5) is 15.8 Å². The molecule has 5 rings (SSSR count). The number of benzene rings is 2. The van der Waals surface area contributed by atoms with Crippen molar-refractivity contribution in [2.75, 3.05) is 16.3 Å². The van der Waals surface area contributed by atoms with Crippen LogP contribution in [0.2, 0.25) is 0 Å². The van der Waals surface area contributed by atoms with E-state index in [4.69, 9.17) is 0 Å². The minimum absolute atomic E-state index is 0.0168. The number of para-hydroxylation sites is 2. The zero-order chi connectivity index (χ0) is 20.0. The first-order chi connectivity index (χ1) is 14.2. The van der Waals surface area contributed by atoms with Gasteiger partial charge in [0.2, 0.25) is 0 Å². The highest BCUT2D eigenvalue weighted by atomic mass is 32.1. The molecule has 29 heavy (non-hydrogen) atoms. The van der Waals surface area contributed by atoms with E-state index in [0.717, 1.165) is 29.0 Å². The Labute approximate surface area is 171 Å². The standard InChI is InChI=1S/C23H17FN2O2S/c24-16-9-2-4-11-18(16)26-22(27)20(19-12-6-14-29-19)21(23(26)28)25-13-5-8-15-7-1-3-10-17(15)25/h1-4,6-7,9-12,14H,5,8,13H2. The van der Waals surface area contributed by atoms with Gasteiger partial charge in [-0.15, -0.1) is 11.3 Å². The van der Waals surface area contributed by atoms with E-state index in [0.29, 0.717) is 22.7 Å². The van der Waals surface area contributed by atoms with Crippen LogP contribution in [0.25, 0.3) is 5.57 Å². The molecule has 4 nitrogen and oxygen atoms in total. The van der Waals surface area contributed by atoms with Crippen LogP contribution in [-0.4, -0.2) is 18.4 Å². The first-order valence-electron chi connectivity index (χ1n) is 9.43. The Morgan fingerprint density at radius 2 is 1.62 bits per heavy atom. The summed E-state index contributed by atoms with van der Waals surface area (Å²) in [7, 11) is 0. The number of nitrogens with zero attached hydrogens (tertiary/aromatic N) is 2. The first-order valence-corrected chi connectivity index (χ1v) is 10.3. The summed E-state index contributed by atoms with van der Waals surface area (Å²) >= 11 is 1.40. The molecular formula is C23H17FN2O2S. The van der Waals surface area contributed by atoms with E-state index in [-0.39, 0.29) is 5.69 Å². The Kier molecular flexibility index (Phi) is 4.28. The molecule has 0 N–H and O–H groups in total. The van der Waals surface area contributed by atoms with Crippen molar-refractivity contribution in [2.45, 2.75) is 12.8 Å². The second-order valence-electron chi connectivity index (χ2n) is 6.98. The Morgan fingerprint density at radius 1 is 0.862 bits per heavy atom. The first kappa shape index (κ1) is 17.8. The normalized spacial score (nSPS) is 16.6. The average molecular weight is 404 g/mol. The number of aryl methyl sites for hydroxylation is 1. The van der Waals surface area contributed by atoms with Crippen molar-refractivity contribution in [1.29, 1.82) is 0 Å². The molecule has 2 aliphatic heterocycles. The van der Waals surface area contributed by atoms with Crippen LogP contribution in [0.1, 0.15) is 16.9 Å². The van der Waals surface area contributed by atoms with Crippen molar-refractivity contribution in [3.05, 3.63) is 88.0 Å². The summed E-state index contributed by atoms with van der Waals surface area (Å²) in [5.74, 6) is -1.57.